The van der Waals surface area contributed by atoms with Crippen molar-refractivity contribution < 1.29 is 38.6 Å². The lowest BCUT2D eigenvalue weighted by atomic mass is 9.64. The number of carbonyl (C=O) groups excluding carboxylic acids is 2. The molecule has 0 amide bonds. The highest BCUT2D eigenvalue weighted by atomic mass is 19.1. The summed E-state index contributed by atoms with van der Waals surface area (Å²) in [4.78, 5) is 35.5. The van der Waals surface area contributed by atoms with Crippen LogP contribution in [0, 0.1) is 15.9 Å². The van der Waals surface area contributed by atoms with Crippen LogP contribution in [0.4, 0.5) is 4.39 Å². The molecule has 10 heteroatoms. The maximum Gasteiger partial charge on any atom is 0.345 e. The Morgan fingerprint density at radius 2 is 1.54 bits per heavy atom. The van der Waals surface area contributed by atoms with Gasteiger partial charge >= 0.3 is 11.9 Å². The van der Waals surface area contributed by atoms with Crippen molar-refractivity contribution in [2.45, 2.75) is 49.9 Å². The molecule has 0 aromatic heterocycles. The molecule has 1 aliphatic rings. The van der Waals surface area contributed by atoms with E-state index in [0.717, 1.165) is 12.1 Å². The minimum Gasteiger partial charge on any atom is -0.464 e. The van der Waals surface area contributed by atoms with Gasteiger partial charge in [-0.25, -0.2) is 14.0 Å². The standard InChI is InChI=1S/C18H22FNO8/c1-3-27-15(21)17(23)9-12(11-5-7-13(19)8-6-11)10-18(24,14(17)20(25)26)16(22)28-4-2/h5-8,12,14,23-24H,3-4,9-10H2,1-2H3/t12?,14?,17-,18+. The first-order valence-electron chi connectivity index (χ1n) is 8.78. The number of ether oxygens (including phenoxy) is 2. The van der Waals surface area contributed by atoms with Gasteiger partial charge in [0.05, 0.1) is 13.2 Å². The molecule has 28 heavy (non-hydrogen) atoms. The summed E-state index contributed by atoms with van der Waals surface area (Å²) < 4.78 is 22.8. The first kappa shape index (κ1) is 21.7. The molecule has 0 aliphatic heterocycles. The molecule has 1 fully saturated rings. The van der Waals surface area contributed by atoms with Crippen LogP contribution in [-0.4, -0.2) is 57.5 Å². The highest BCUT2D eigenvalue weighted by molar-refractivity contribution is 5.86. The Morgan fingerprint density at radius 1 is 1.11 bits per heavy atom. The number of hydrogen-bond acceptors (Lipinski definition) is 8. The highest BCUT2D eigenvalue weighted by Gasteiger charge is 2.71. The Morgan fingerprint density at radius 3 is 1.89 bits per heavy atom. The molecule has 0 radical (unpaired) electrons. The second kappa shape index (κ2) is 8.19. The van der Waals surface area contributed by atoms with E-state index in [-0.39, 0.29) is 13.2 Å². The highest BCUT2D eigenvalue weighted by Crippen LogP contribution is 2.46. The van der Waals surface area contributed by atoms with Crippen molar-refractivity contribution >= 4 is 11.9 Å². The fourth-order valence-electron chi connectivity index (χ4n) is 3.66. The fourth-order valence-corrected chi connectivity index (χ4v) is 3.66. The van der Waals surface area contributed by atoms with Gasteiger partial charge in [0.15, 0.2) is 0 Å². The van der Waals surface area contributed by atoms with Gasteiger partial charge in [-0.05, 0) is 37.5 Å². The van der Waals surface area contributed by atoms with Crippen molar-refractivity contribution in [1.29, 1.82) is 0 Å². The molecule has 0 spiro atoms. The molecule has 154 valence electrons. The maximum atomic E-state index is 13.2. The largest absolute Gasteiger partial charge is 0.464 e. The third-order valence-corrected chi connectivity index (χ3v) is 4.83. The maximum absolute atomic E-state index is 13.2. The smallest absolute Gasteiger partial charge is 0.345 e. The quantitative estimate of drug-likeness (QED) is 0.410. The van der Waals surface area contributed by atoms with Crippen molar-refractivity contribution in [3.63, 3.8) is 0 Å². The second-order valence-electron chi connectivity index (χ2n) is 6.63. The molecule has 2 rings (SSSR count). The minimum atomic E-state index is -2.79. The molecule has 0 bridgehead atoms. The number of rotatable bonds is 6. The van der Waals surface area contributed by atoms with E-state index in [2.05, 4.69) is 0 Å². The van der Waals surface area contributed by atoms with Gasteiger partial charge in [-0.3, -0.25) is 10.1 Å². The summed E-state index contributed by atoms with van der Waals surface area (Å²) in [7, 11) is 0. The van der Waals surface area contributed by atoms with Gasteiger partial charge in [0.25, 0.3) is 6.04 Å². The zero-order valence-corrected chi connectivity index (χ0v) is 15.5. The van der Waals surface area contributed by atoms with E-state index >= 15 is 0 Å². The number of esters is 2. The van der Waals surface area contributed by atoms with Crippen LogP contribution >= 0.6 is 0 Å². The van der Waals surface area contributed by atoms with Crippen LogP contribution in [0.3, 0.4) is 0 Å². The van der Waals surface area contributed by atoms with E-state index in [1.807, 2.05) is 0 Å². The first-order chi connectivity index (χ1) is 13.1. The number of benzene rings is 1. The van der Waals surface area contributed by atoms with Crippen molar-refractivity contribution in [2.24, 2.45) is 0 Å². The fraction of sp³-hybridized carbons (Fsp3) is 0.556. The average molecular weight is 399 g/mol. The number of nitro groups is 1. The molecule has 1 saturated carbocycles. The monoisotopic (exact) mass is 399 g/mol. The lowest BCUT2D eigenvalue weighted by Crippen LogP contribution is -2.70. The lowest BCUT2D eigenvalue weighted by molar-refractivity contribution is -0.566. The van der Waals surface area contributed by atoms with E-state index in [4.69, 9.17) is 9.47 Å². The molecule has 0 saturated heterocycles. The number of aliphatic hydroxyl groups is 2. The van der Waals surface area contributed by atoms with Gasteiger partial charge in [-0.2, -0.15) is 0 Å². The number of carbonyl (C=O) groups is 2. The molecule has 2 N–H and O–H groups in total. The van der Waals surface area contributed by atoms with Crippen molar-refractivity contribution in [2.75, 3.05) is 13.2 Å². The molecular weight excluding hydrogens is 377 g/mol. The summed E-state index contributed by atoms with van der Waals surface area (Å²) in [5, 5.41) is 33.7. The van der Waals surface area contributed by atoms with Crippen LogP contribution in [-0.2, 0) is 19.1 Å². The molecule has 4 atom stereocenters. The normalized spacial score (nSPS) is 29.8. The predicted molar refractivity (Wildman–Crippen MR) is 92.3 cm³/mol. The molecule has 1 aromatic rings. The Labute approximate surface area is 160 Å². The second-order valence-corrected chi connectivity index (χ2v) is 6.63. The molecule has 2 unspecified atom stereocenters. The molecule has 9 nitrogen and oxygen atoms in total. The Bertz CT molecular complexity index is 720. The van der Waals surface area contributed by atoms with Crippen LogP contribution in [0.1, 0.15) is 38.2 Å². The summed E-state index contributed by atoms with van der Waals surface area (Å²) in [6.07, 6.45) is -0.990. The number of hydrogen-bond donors (Lipinski definition) is 2. The zero-order chi connectivity index (χ0) is 21.1. The van der Waals surface area contributed by atoms with Crippen LogP contribution in [0.2, 0.25) is 0 Å². The SMILES string of the molecule is CCOC(=O)[C@]1(O)CC(c2ccc(F)cc2)C[C@](O)(C(=O)OCC)C1[N+](=O)[O-]. The number of nitrogens with zero attached hydrogens (tertiary/aromatic N) is 1. The van der Waals surface area contributed by atoms with Gasteiger partial charge in [0.1, 0.15) is 5.82 Å². The summed E-state index contributed by atoms with van der Waals surface area (Å²) in [5.74, 6) is -4.07. The predicted octanol–water partition coefficient (Wildman–Crippen LogP) is 0.937. The number of halogens is 1. The van der Waals surface area contributed by atoms with E-state index in [1.165, 1.54) is 26.0 Å². The Balaban J connectivity index is 2.60. The van der Waals surface area contributed by atoms with Crippen LogP contribution in [0.25, 0.3) is 0 Å². The topological polar surface area (TPSA) is 136 Å². The van der Waals surface area contributed by atoms with E-state index < -0.39 is 58.7 Å². The van der Waals surface area contributed by atoms with Crippen LogP contribution < -0.4 is 0 Å². The summed E-state index contributed by atoms with van der Waals surface area (Å²) in [5.41, 5.74) is -5.20. The van der Waals surface area contributed by atoms with Gasteiger partial charge < -0.3 is 19.7 Å². The van der Waals surface area contributed by atoms with Gasteiger partial charge in [0.2, 0.25) is 11.2 Å². The van der Waals surface area contributed by atoms with Gasteiger partial charge in [0, 0.05) is 17.8 Å². The third-order valence-electron chi connectivity index (χ3n) is 4.83. The summed E-state index contributed by atoms with van der Waals surface area (Å²) in [6.45, 7) is 2.54. The van der Waals surface area contributed by atoms with Crippen molar-refractivity contribution in [3.05, 3.63) is 45.8 Å². The average Bonchev–Trinajstić information content (AvgIpc) is 2.61. The molecule has 0 heterocycles. The van der Waals surface area contributed by atoms with Crippen molar-refractivity contribution in [1.82, 2.24) is 0 Å². The lowest BCUT2D eigenvalue weighted by Gasteiger charge is -2.44. The zero-order valence-electron chi connectivity index (χ0n) is 15.5. The molecule has 1 aromatic carbocycles. The van der Waals surface area contributed by atoms with Crippen LogP contribution in [0.5, 0.6) is 0 Å². The van der Waals surface area contributed by atoms with Gasteiger partial charge in [-0.1, -0.05) is 12.1 Å². The van der Waals surface area contributed by atoms with E-state index in [9.17, 15) is 34.3 Å². The van der Waals surface area contributed by atoms with Crippen LogP contribution in [0.15, 0.2) is 24.3 Å². The third kappa shape index (κ3) is 3.83. The van der Waals surface area contributed by atoms with Crippen molar-refractivity contribution in [3.8, 4) is 0 Å². The van der Waals surface area contributed by atoms with E-state index in [1.54, 1.807) is 0 Å². The molecule has 1 aliphatic carbocycles. The minimum absolute atomic E-state index is 0.176. The summed E-state index contributed by atoms with van der Waals surface area (Å²) in [6, 6.07) is 2.56. The Kier molecular flexibility index (Phi) is 6.35. The molecular formula is C18H22FNO8. The first-order valence-corrected chi connectivity index (χ1v) is 8.78. The Hall–Kier alpha value is -2.59. The summed E-state index contributed by atoms with van der Waals surface area (Å²) >= 11 is 0. The van der Waals surface area contributed by atoms with Gasteiger partial charge in [-0.15, -0.1) is 0 Å². The van der Waals surface area contributed by atoms with E-state index in [0.29, 0.717) is 5.56 Å².